The Morgan fingerprint density at radius 1 is 1.32 bits per heavy atom. The van der Waals surface area contributed by atoms with Crippen LogP contribution in [0.2, 0.25) is 5.22 Å². The van der Waals surface area contributed by atoms with Crippen LogP contribution >= 0.6 is 11.6 Å². The van der Waals surface area contributed by atoms with Crippen molar-refractivity contribution in [3.63, 3.8) is 0 Å². The van der Waals surface area contributed by atoms with E-state index in [9.17, 15) is 0 Å². The van der Waals surface area contributed by atoms with Gasteiger partial charge < -0.3 is 14.5 Å². The lowest BCUT2D eigenvalue weighted by atomic mass is 10.0. The number of hydrogen-bond donors (Lipinski definition) is 1. The van der Waals surface area contributed by atoms with Gasteiger partial charge in [0.1, 0.15) is 5.58 Å². The lowest BCUT2D eigenvalue weighted by Crippen LogP contribution is -2.28. The molecule has 19 heavy (non-hydrogen) atoms. The fourth-order valence-electron chi connectivity index (χ4n) is 2.60. The van der Waals surface area contributed by atoms with Gasteiger partial charge in [0.15, 0.2) is 5.22 Å². The van der Waals surface area contributed by atoms with Gasteiger partial charge in [0.2, 0.25) is 0 Å². The Bertz CT molecular complexity index is 546. The molecular formula is C15H18ClNO2. The molecule has 1 fully saturated rings. The smallest absolute Gasteiger partial charge is 0.199 e. The van der Waals surface area contributed by atoms with E-state index in [-0.39, 0.29) is 0 Å². The third-order valence-electron chi connectivity index (χ3n) is 3.64. The molecule has 1 saturated heterocycles. The van der Waals surface area contributed by atoms with Crippen LogP contribution in [-0.2, 0) is 11.3 Å². The van der Waals surface area contributed by atoms with E-state index in [0.29, 0.717) is 11.1 Å². The van der Waals surface area contributed by atoms with Crippen LogP contribution in [0.1, 0.15) is 18.4 Å². The SMILES string of the molecule is Clc1oc2ccccc2c1CNCC1CCCOC1. The van der Waals surface area contributed by atoms with Gasteiger partial charge in [-0.1, -0.05) is 18.2 Å². The number of fused-ring (bicyclic) bond motifs is 1. The van der Waals surface area contributed by atoms with Gasteiger partial charge in [-0.2, -0.15) is 0 Å². The zero-order chi connectivity index (χ0) is 13.1. The summed E-state index contributed by atoms with van der Waals surface area (Å²) in [7, 11) is 0. The molecular weight excluding hydrogens is 262 g/mol. The molecule has 4 heteroatoms. The van der Waals surface area contributed by atoms with Gasteiger partial charge in [0.05, 0.1) is 6.61 Å². The average molecular weight is 280 g/mol. The maximum absolute atomic E-state index is 6.16. The van der Waals surface area contributed by atoms with Crippen molar-refractivity contribution in [3.8, 4) is 0 Å². The summed E-state index contributed by atoms with van der Waals surface area (Å²) >= 11 is 6.16. The van der Waals surface area contributed by atoms with Crippen LogP contribution in [0.3, 0.4) is 0 Å². The number of hydrogen-bond acceptors (Lipinski definition) is 3. The fourth-order valence-corrected chi connectivity index (χ4v) is 2.86. The van der Waals surface area contributed by atoms with Crippen LogP contribution in [0.5, 0.6) is 0 Å². The Labute approximate surface area is 117 Å². The number of rotatable bonds is 4. The molecule has 0 amide bonds. The molecule has 0 aliphatic carbocycles. The van der Waals surface area contributed by atoms with Crippen LogP contribution in [0.25, 0.3) is 11.0 Å². The monoisotopic (exact) mass is 279 g/mol. The second kappa shape index (κ2) is 5.95. The van der Waals surface area contributed by atoms with E-state index in [4.69, 9.17) is 20.8 Å². The normalized spacial score (nSPS) is 19.9. The third-order valence-corrected chi connectivity index (χ3v) is 3.94. The second-order valence-electron chi connectivity index (χ2n) is 5.06. The highest BCUT2D eigenvalue weighted by atomic mass is 35.5. The van der Waals surface area contributed by atoms with E-state index >= 15 is 0 Å². The van der Waals surface area contributed by atoms with Crippen molar-refractivity contribution in [3.05, 3.63) is 35.0 Å². The minimum atomic E-state index is 0.494. The van der Waals surface area contributed by atoms with E-state index in [1.54, 1.807) is 0 Å². The Morgan fingerprint density at radius 2 is 2.21 bits per heavy atom. The molecule has 1 unspecified atom stereocenters. The molecule has 1 aliphatic heterocycles. The first-order chi connectivity index (χ1) is 9.34. The maximum atomic E-state index is 6.16. The van der Waals surface area contributed by atoms with E-state index in [0.717, 1.165) is 42.8 Å². The Hall–Kier alpha value is -1.03. The molecule has 0 bridgehead atoms. The molecule has 3 nitrogen and oxygen atoms in total. The van der Waals surface area contributed by atoms with Gasteiger partial charge >= 0.3 is 0 Å². The number of benzene rings is 1. The molecule has 0 radical (unpaired) electrons. The van der Waals surface area contributed by atoms with Crippen molar-refractivity contribution >= 4 is 22.6 Å². The molecule has 0 saturated carbocycles. The lowest BCUT2D eigenvalue weighted by Gasteiger charge is -2.22. The fraction of sp³-hybridized carbons (Fsp3) is 0.467. The molecule has 1 aromatic heterocycles. The summed E-state index contributed by atoms with van der Waals surface area (Å²) < 4.78 is 11.0. The zero-order valence-electron chi connectivity index (χ0n) is 10.8. The molecule has 1 aliphatic rings. The minimum absolute atomic E-state index is 0.494. The number of furan rings is 1. The van der Waals surface area contributed by atoms with E-state index in [1.807, 2.05) is 24.3 Å². The quantitative estimate of drug-likeness (QED) is 0.928. The van der Waals surface area contributed by atoms with Gasteiger partial charge in [-0.25, -0.2) is 0 Å². The molecule has 1 atom stereocenters. The minimum Gasteiger partial charge on any atom is -0.444 e. The van der Waals surface area contributed by atoms with Crippen molar-refractivity contribution < 1.29 is 9.15 Å². The van der Waals surface area contributed by atoms with Gasteiger partial charge in [-0.3, -0.25) is 0 Å². The summed E-state index contributed by atoms with van der Waals surface area (Å²) in [6.45, 7) is 3.49. The maximum Gasteiger partial charge on any atom is 0.199 e. The van der Waals surface area contributed by atoms with Crippen molar-refractivity contribution in [2.45, 2.75) is 19.4 Å². The molecule has 0 spiro atoms. The Balaban J connectivity index is 1.63. The number of nitrogens with one attached hydrogen (secondary N) is 1. The van der Waals surface area contributed by atoms with Crippen molar-refractivity contribution in [1.29, 1.82) is 0 Å². The molecule has 2 aromatic rings. The first kappa shape index (κ1) is 13.0. The lowest BCUT2D eigenvalue weighted by molar-refractivity contribution is 0.0547. The van der Waals surface area contributed by atoms with E-state index < -0.39 is 0 Å². The van der Waals surface area contributed by atoms with Crippen LogP contribution in [0.15, 0.2) is 28.7 Å². The Kier molecular flexibility index (Phi) is 4.06. The predicted molar refractivity (Wildman–Crippen MR) is 76.5 cm³/mol. The standard InChI is InChI=1S/C15H18ClNO2/c16-15-13(12-5-1-2-6-14(12)19-15)9-17-8-11-4-3-7-18-10-11/h1-2,5-6,11,17H,3-4,7-10H2. The van der Waals surface area contributed by atoms with Gasteiger partial charge in [0, 0.05) is 30.6 Å². The topological polar surface area (TPSA) is 34.4 Å². The molecule has 1 N–H and O–H groups in total. The van der Waals surface area contributed by atoms with Crippen LogP contribution < -0.4 is 5.32 Å². The van der Waals surface area contributed by atoms with Crippen LogP contribution in [0.4, 0.5) is 0 Å². The van der Waals surface area contributed by atoms with E-state index in [2.05, 4.69) is 5.32 Å². The highest BCUT2D eigenvalue weighted by Gasteiger charge is 2.15. The molecule has 3 rings (SSSR count). The summed E-state index contributed by atoms with van der Waals surface area (Å²) in [5, 5.41) is 5.06. The van der Waals surface area contributed by atoms with Gasteiger partial charge in [-0.15, -0.1) is 0 Å². The number of halogens is 1. The van der Waals surface area contributed by atoms with Crippen LogP contribution in [0, 0.1) is 5.92 Å². The van der Waals surface area contributed by atoms with Gasteiger partial charge in [-0.05, 0) is 36.4 Å². The molecule has 1 aromatic carbocycles. The second-order valence-corrected chi connectivity index (χ2v) is 5.41. The number of para-hydroxylation sites is 1. The van der Waals surface area contributed by atoms with Crippen LogP contribution in [-0.4, -0.2) is 19.8 Å². The van der Waals surface area contributed by atoms with E-state index in [1.165, 1.54) is 12.8 Å². The summed E-state index contributed by atoms with van der Waals surface area (Å²) in [6, 6.07) is 7.95. The third kappa shape index (κ3) is 2.94. The van der Waals surface area contributed by atoms with Crippen molar-refractivity contribution in [2.24, 2.45) is 5.92 Å². The molecule has 102 valence electrons. The first-order valence-corrected chi connectivity index (χ1v) is 7.17. The average Bonchev–Trinajstić information content (AvgIpc) is 2.76. The first-order valence-electron chi connectivity index (χ1n) is 6.79. The largest absolute Gasteiger partial charge is 0.444 e. The summed E-state index contributed by atoms with van der Waals surface area (Å²) in [6.07, 6.45) is 2.41. The Morgan fingerprint density at radius 3 is 3.05 bits per heavy atom. The summed E-state index contributed by atoms with van der Waals surface area (Å²) in [5.41, 5.74) is 1.90. The highest BCUT2D eigenvalue weighted by molar-refractivity contribution is 6.30. The van der Waals surface area contributed by atoms with Crippen molar-refractivity contribution in [2.75, 3.05) is 19.8 Å². The zero-order valence-corrected chi connectivity index (χ0v) is 11.6. The summed E-state index contributed by atoms with van der Waals surface area (Å²) in [4.78, 5) is 0. The molecule has 2 heterocycles. The highest BCUT2D eigenvalue weighted by Crippen LogP contribution is 2.29. The summed E-state index contributed by atoms with van der Waals surface area (Å²) in [5.74, 6) is 0.616. The van der Waals surface area contributed by atoms with Crippen molar-refractivity contribution in [1.82, 2.24) is 5.32 Å². The van der Waals surface area contributed by atoms with Gasteiger partial charge in [0.25, 0.3) is 0 Å². The predicted octanol–water partition coefficient (Wildman–Crippen LogP) is 3.60. The number of ether oxygens (including phenoxy) is 1.